The summed E-state index contributed by atoms with van der Waals surface area (Å²) in [6.07, 6.45) is 1.42. The molecule has 26 heavy (non-hydrogen) atoms. The smallest absolute Gasteiger partial charge is 0.259 e. The maximum atomic E-state index is 11.2. The van der Waals surface area contributed by atoms with Crippen molar-refractivity contribution < 1.29 is 14.3 Å². The quantitative estimate of drug-likeness (QED) is 0.362. The fraction of sp³-hybridized carbons (Fsp3) is 0.158. The molecule has 0 aliphatic rings. The largest absolute Gasteiger partial charge is 0.490 e. The third kappa shape index (κ3) is 5.13. The average molecular weight is 483 g/mol. The van der Waals surface area contributed by atoms with E-state index >= 15 is 0 Å². The normalized spacial score (nSPS) is 10.9. The first-order valence-corrected chi connectivity index (χ1v) is 9.16. The highest BCUT2D eigenvalue weighted by Gasteiger charge is 2.14. The summed E-state index contributed by atoms with van der Waals surface area (Å²) in [7, 11) is 0. The number of ether oxygens (including phenoxy) is 2. The van der Waals surface area contributed by atoms with Gasteiger partial charge in [-0.15, -0.1) is 0 Å². The molecular formula is C19H16ClIN2O3. The second kappa shape index (κ2) is 9.46. The van der Waals surface area contributed by atoms with Gasteiger partial charge >= 0.3 is 0 Å². The molecule has 2 rings (SSSR count). The Hall–Kier alpha value is -2.24. The molecule has 0 aliphatic heterocycles. The molecule has 0 heterocycles. The average Bonchev–Trinajstić information content (AvgIpc) is 2.60. The highest BCUT2D eigenvalue weighted by molar-refractivity contribution is 14.1. The van der Waals surface area contributed by atoms with Crippen molar-refractivity contribution in [2.45, 2.75) is 13.5 Å². The second-order valence-corrected chi connectivity index (χ2v) is 6.75. The Morgan fingerprint density at radius 1 is 1.35 bits per heavy atom. The van der Waals surface area contributed by atoms with E-state index < -0.39 is 5.91 Å². The van der Waals surface area contributed by atoms with E-state index in [0.29, 0.717) is 28.7 Å². The fourth-order valence-electron chi connectivity index (χ4n) is 2.16. The molecule has 0 unspecified atom stereocenters. The molecule has 2 aromatic rings. The van der Waals surface area contributed by atoms with Gasteiger partial charge < -0.3 is 15.2 Å². The van der Waals surface area contributed by atoms with Crippen molar-refractivity contribution in [1.29, 1.82) is 5.26 Å². The van der Waals surface area contributed by atoms with Crippen LogP contribution in [0.25, 0.3) is 6.08 Å². The number of carbonyl (C=O) groups is 1. The standard InChI is InChI=1S/C19H16ClIN2O3/c1-2-25-17-9-12(7-14(10-22)19(23)24)8-16(21)18(17)26-11-13-5-3-4-6-15(13)20/h3-9H,2,11H2,1H3,(H2,23,24)/b14-7+. The molecular weight excluding hydrogens is 467 g/mol. The summed E-state index contributed by atoms with van der Waals surface area (Å²) in [5.74, 6) is 0.307. The van der Waals surface area contributed by atoms with Gasteiger partial charge in [-0.1, -0.05) is 29.8 Å². The molecule has 5 nitrogen and oxygen atoms in total. The predicted molar refractivity (Wildman–Crippen MR) is 109 cm³/mol. The molecule has 2 N–H and O–H groups in total. The van der Waals surface area contributed by atoms with Crippen molar-refractivity contribution in [2.75, 3.05) is 6.61 Å². The lowest BCUT2D eigenvalue weighted by atomic mass is 10.1. The Morgan fingerprint density at radius 3 is 2.69 bits per heavy atom. The number of halogens is 2. The monoisotopic (exact) mass is 482 g/mol. The Morgan fingerprint density at radius 2 is 2.08 bits per heavy atom. The van der Waals surface area contributed by atoms with Gasteiger partial charge in [0.15, 0.2) is 11.5 Å². The Balaban J connectivity index is 2.36. The minimum atomic E-state index is -0.778. The van der Waals surface area contributed by atoms with Crippen molar-refractivity contribution in [2.24, 2.45) is 5.73 Å². The summed E-state index contributed by atoms with van der Waals surface area (Å²) >= 11 is 8.28. The number of hydrogen-bond acceptors (Lipinski definition) is 4. The number of rotatable bonds is 7. The summed E-state index contributed by atoms with van der Waals surface area (Å²) < 4.78 is 12.4. The van der Waals surface area contributed by atoms with Gasteiger partial charge in [-0.2, -0.15) is 5.26 Å². The molecule has 0 aromatic heterocycles. The lowest BCUT2D eigenvalue weighted by molar-refractivity contribution is -0.114. The summed E-state index contributed by atoms with van der Waals surface area (Å²) in [5, 5.41) is 9.63. The van der Waals surface area contributed by atoms with Crippen LogP contribution in [0, 0.1) is 14.9 Å². The Kier molecular flexibility index (Phi) is 7.30. The molecule has 2 aromatic carbocycles. The minimum Gasteiger partial charge on any atom is -0.490 e. The van der Waals surface area contributed by atoms with Gasteiger partial charge in [0.1, 0.15) is 18.2 Å². The van der Waals surface area contributed by atoms with E-state index in [0.717, 1.165) is 9.13 Å². The van der Waals surface area contributed by atoms with E-state index in [1.807, 2.05) is 25.1 Å². The zero-order valence-electron chi connectivity index (χ0n) is 14.0. The van der Waals surface area contributed by atoms with Crippen LogP contribution in [0.15, 0.2) is 42.0 Å². The van der Waals surface area contributed by atoms with Crippen LogP contribution in [-0.4, -0.2) is 12.5 Å². The zero-order valence-corrected chi connectivity index (χ0v) is 16.9. The topological polar surface area (TPSA) is 85.3 Å². The summed E-state index contributed by atoms with van der Waals surface area (Å²) in [4.78, 5) is 11.2. The van der Waals surface area contributed by atoms with E-state index in [9.17, 15) is 4.79 Å². The number of nitrogens with zero attached hydrogens (tertiary/aromatic N) is 1. The van der Waals surface area contributed by atoms with Crippen LogP contribution in [0.4, 0.5) is 0 Å². The number of primary amides is 1. The highest BCUT2D eigenvalue weighted by Crippen LogP contribution is 2.36. The van der Waals surface area contributed by atoms with Crippen LogP contribution in [-0.2, 0) is 11.4 Å². The molecule has 134 valence electrons. The maximum Gasteiger partial charge on any atom is 0.259 e. The van der Waals surface area contributed by atoms with Gasteiger partial charge in [-0.05, 0) is 59.4 Å². The van der Waals surface area contributed by atoms with Gasteiger partial charge in [0.25, 0.3) is 5.91 Å². The zero-order chi connectivity index (χ0) is 19.1. The number of amides is 1. The molecule has 0 atom stereocenters. The Bertz CT molecular complexity index is 891. The predicted octanol–water partition coefficient (Wildman–Crippen LogP) is 4.31. The molecule has 0 spiro atoms. The number of nitrogens with two attached hydrogens (primary N) is 1. The summed E-state index contributed by atoms with van der Waals surface area (Å²) in [6, 6.07) is 12.7. The lowest BCUT2D eigenvalue weighted by Gasteiger charge is -2.15. The SMILES string of the molecule is CCOc1cc(/C=C(\C#N)C(N)=O)cc(I)c1OCc1ccccc1Cl. The van der Waals surface area contributed by atoms with Crippen LogP contribution in [0.1, 0.15) is 18.1 Å². The van der Waals surface area contributed by atoms with E-state index in [4.69, 9.17) is 32.1 Å². The van der Waals surface area contributed by atoms with Crippen molar-refractivity contribution >= 4 is 46.2 Å². The van der Waals surface area contributed by atoms with Crippen LogP contribution in [0.3, 0.4) is 0 Å². The van der Waals surface area contributed by atoms with Gasteiger partial charge in [0.2, 0.25) is 0 Å². The highest BCUT2D eigenvalue weighted by atomic mass is 127. The van der Waals surface area contributed by atoms with Crippen LogP contribution >= 0.6 is 34.2 Å². The van der Waals surface area contributed by atoms with Crippen molar-refractivity contribution in [3.05, 3.63) is 61.7 Å². The molecule has 0 bridgehead atoms. The first-order valence-electron chi connectivity index (χ1n) is 7.70. The summed E-state index contributed by atoms with van der Waals surface area (Å²) in [5.41, 5.74) is 6.54. The van der Waals surface area contributed by atoms with E-state index in [1.54, 1.807) is 24.3 Å². The van der Waals surface area contributed by atoms with E-state index in [-0.39, 0.29) is 12.2 Å². The van der Waals surface area contributed by atoms with E-state index in [2.05, 4.69) is 22.6 Å². The van der Waals surface area contributed by atoms with Crippen molar-refractivity contribution in [1.82, 2.24) is 0 Å². The first kappa shape index (κ1) is 20.1. The second-order valence-electron chi connectivity index (χ2n) is 5.18. The van der Waals surface area contributed by atoms with Gasteiger partial charge in [-0.3, -0.25) is 4.79 Å². The molecule has 1 amide bonds. The molecule has 0 radical (unpaired) electrons. The third-order valence-electron chi connectivity index (χ3n) is 3.36. The first-order chi connectivity index (χ1) is 12.5. The molecule has 0 aliphatic carbocycles. The molecule has 7 heteroatoms. The van der Waals surface area contributed by atoms with Gasteiger partial charge in [-0.25, -0.2) is 0 Å². The third-order valence-corrected chi connectivity index (χ3v) is 4.53. The van der Waals surface area contributed by atoms with Crippen molar-refractivity contribution in [3.63, 3.8) is 0 Å². The fourth-order valence-corrected chi connectivity index (χ4v) is 3.14. The van der Waals surface area contributed by atoms with E-state index in [1.165, 1.54) is 6.08 Å². The molecule has 0 fully saturated rings. The number of carbonyl (C=O) groups excluding carboxylic acids is 1. The lowest BCUT2D eigenvalue weighted by Crippen LogP contribution is -2.12. The van der Waals surface area contributed by atoms with Crippen LogP contribution < -0.4 is 15.2 Å². The van der Waals surface area contributed by atoms with Gasteiger partial charge in [0.05, 0.1) is 10.2 Å². The van der Waals surface area contributed by atoms with Gasteiger partial charge in [0, 0.05) is 10.6 Å². The van der Waals surface area contributed by atoms with Crippen LogP contribution in [0.2, 0.25) is 5.02 Å². The van der Waals surface area contributed by atoms with Crippen molar-refractivity contribution in [3.8, 4) is 17.6 Å². The Labute approximate surface area is 170 Å². The minimum absolute atomic E-state index is 0.131. The molecule has 0 saturated carbocycles. The van der Waals surface area contributed by atoms with Crippen LogP contribution in [0.5, 0.6) is 11.5 Å². The number of nitriles is 1. The number of hydrogen-bond donors (Lipinski definition) is 1. The molecule has 0 saturated heterocycles. The number of benzene rings is 2. The maximum absolute atomic E-state index is 11.2. The summed E-state index contributed by atoms with van der Waals surface area (Å²) in [6.45, 7) is 2.58.